The predicted octanol–water partition coefficient (Wildman–Crippen LogP) is 0.803. The van der Waals surface area contributed by atoms with Gasteiger partial charge in [-0.2, -0.15) is 0 Å². The number of carbonyl (C=O) groups is 1. The Morgan fingerprint density at radius 1 is 1.67 bits per heavy atom. The van der Waals surface area contributed by atoms with Crippen molar-refractivity contribution < 1.29 is 9.53 Å². The van der Waals surface area contributed by atoms with E-state index in [1.165, 1.54) is 0 Å². The molecule has 2 heterocycles. The van der Waals surface area contributed by atoms with Crippen LogP contribution in [0.5, 0.6) is 0 Å². The van der Waals surface area contributed by atoms with Crippen LogP contribution in [0.4, 0.5) is 4.79 Å². The molecule has 2 rings (SSSR count). The van der Waals surface area contributed by atoms with Crippen molar-refractivity contribution in [3.8, 4) is 0 Å². The summed E-state index contributed by atoms with van der Waals surface area (Å²) in [6.07, 6.45) is 4.29. The van der Waals surface area contributed by atoms with Crippen LogP contribution in [0.1, 0.15) is 12.6 Å². The van der Waals surface area contributed by atoms with Crippen LogP contribution in [0.3, 0.4) is 0 Å². The highest BCUT2D eigenvalue weighted by Crippen LogP contribution is 2.15. The molecule has 0 aliphatic carbocycles. The zero-order valence-electron chi connectivity index (χ0n) is 9.01. The SMILES string of the molecule is CCN1C(=O)OCC1Cc1cn(C)cn1. The van der Waals surface area contributed by atoms with E-state index in [1.807, 2.05) is 24.7 Å². The van der Waals surface area contributed by atoms with Gasteiger partial charge >= 0.3 is 6.09 Å². The van der Waals surface area contributed by atoms with Gasteiger partial charge in [-0.15, -0.1) is 0 Å². The van der Waals surface area contributed by atoms with Gasteiger partial charge in [-0.3, -0.25) is 0 Å². The third-order valence-electron chi connectivity index (χ3n) is 2.62. The highest BCUT2D eigenvalue weighted by Gasteiger charge is 2.31. The Kier molecular flexibility index (Phi) is 2.62. The molecule has 0 aromatic carbocycles. The van der Waals surface area contributed by atoms with E-state index in [9.17, 15) is 4.79 Å². The molecular weight excluding hydrogens is 194 g/mol. The molecule has 0 radical (unpaired) electrons. The minimum absolute atomic E-state index is 0.136. The largest absolute Gasteiger partial charge is 0.447 e. The summed E-state index contributed by atoms with van der Waals surface area (Å²) >= 11 is 0. The first-order valence-corrected chi connectivity index (χ1v) is 5.11. The van der Waals surface area contributed by atoms with E-state index in [4.69, 9.17) is 4.74 Å². The number of aryl methyl sites for hydroxylation is 1. The van der Waals surface area contributed by atoms with Crippen LogP contribution in [-0.4, -0.2) is 39.7 Å². The topological polar surface area (TPSA) is 47.4 Å². The normalized spacial score (nSPS) is 20.8. The number of cyclic esters (lactones) is 1. The van der Waals surface area contributed by atoms with Gasteiger partial charge in [0.25, 0.3) is 0 Å². The lowest BCUT2D eigenvalue weighted by molar-refractivity contribution is 0.159. The van der Waals surface area contributed by atoms with Crippen molar-refractivity contribution in [2.45, 2.75) is 19.4 Å². The van der Waals surface area contributed by atoms with Gasteiger partial charge in [0.2, 0.25) is 0 Å². The Balaban J connectivity index is 2.03. The lowest BCUT2D eigenvalue weighted by atomic mass is 10.1. The first kappa shape index (κ1) is 10.0. The van der Waals surface area contributed by atoms with E-state index in [2.05, 4.69) is 4.98 Å². The van der Waals surface area contributed by atoms with Crippen LogP contribution in [0.15, 0.2) is 12.5 Å². The van der Waals surface area contributed by atoms with Gasteiger partial charge in [0.05, 0.1) is 18.1 Å². The van der Waals surface area contributed by atoms with Crippen molar-refractivity contribution in [2.75, 3.05) is 13.2 Å². The van der Waals surface area contributed by atoms with Crippen LogP contribution in [0.25, 0.3) is 0 Å². The molecule has 0 saturated carbocycles. The second-order valence-corrected chi connectivity index (χ2v) is 3.75. The molecule has 5 nitrogen and oxygen atoms in total. The molecule has 82 valence electrons. The van der Waals surface area contributed by atoms with Gasteiger partial charge < -0.3 is 14.2 Å². The maximum absolute atomic E-state index is 11.3. The van der Waals surface area contributed by atoms with Crippen molar-refractivity contribution in [1.82, 2.24) is 14.5 Å². The molecule has 1 aliphatic heterocycles. The van der Waals surface area contributed by atoms with E-state index < -0.39 is 0 Å². The zero-order valence-corrected chi connectivity index (χ0v) is 9.01. The highest BCUT2D eigenvalue weighted by atomic mass is 16.6. The number of hydrogen-bond acceptors (Lipinski definition) is 3. The van der Waals surface area contributed by atoms with Crippen LogP contribution in [0.2, 0.25) is 0 Å². The number of imidazole rings is 1. The molecular formula is C10H15N3O2. The number of amides is 1. The zero-order chi connectivity index (χ0) is 10.8. The van der Waals surface area contributed by atoms with E-state index in [0.717, 1.165) is 12.1 Å². The molecule has 0 N–H and O–H groups in total. The van der Waals surface area contributed by atoms with E-state index in [0.29, 0.717) is 13.2 Å². The molecule has 1 fully saturated rings. The van der Waals surface area contributed by atoms with Crippen LogP contribution in [-0.2, 0) is 18.2 Å². The predicted molar refractivity (Wildman–Crippen MR) is 54.4 cm³/mol. The van der Waals surface area contributed by atoms with Crippen molar-refractivity contribution in [1.29, 1.82) is 0 Å². The Morgan fingerprint density at radius 3 is 3.07 bits per heavy atom. The summed E-state index contributed by atoms with van der Waals surface area (Å²) in [6, 6.07) is 0.136. The van der Waals surface area contributed by atoms with Crippen molar-refractivity contribution in [3.05, 3.63) is 18.2 Å². The highest BCUT2D eigenvalue weighted by molar-refractivity contribution is 5.70. The van der Waals surface area contributed by atoms with Gasteiger partial charge in [-0.1, -0.05) is 0 Å². The molecule has 1 amide bonds. The number of aromatic nitrogens is 2. The Hall–Kier alpha value is -1.52. The second-order valence-electron chi connectivity index (χ2n) is 3.75. The van der Waals surface area contributed by atoms with Crippen LogP contribution in [0, 0.1) is 0 Å². The van der Waals surface area contributed by atoms with Crippen molar-refractivity contribution in [2.24, 2.45) is 7.05 Å². The number of nitrogens with zero attached hydrogens (tertiary/aromatic N) is 3. The first-order chi connectivity index (χ1) is 7.20. The number of ether oxygens (including phenoxy) is 1. The average Bonchev–Trinajstić information content (AvgIpc) is 2.75. The monoisotopic (exact) mass is 209 g/mol. The molecule has 0 spiro atoms. The smallest absolute Gasteiger partial charge is 0.410 e. The fraction of sp³-hybridized carbons (Fsp3) is 0.600. The first-order valence-electron chi connectivity index (χ1n) is 5.11. The maximum Gasteiger partial charge on any atom is 0.410 e. The van der Waals surface area contributed by atoms with Gasteiger partial charge in [0.1, 0.15) is 6.61 Å². The molecule has 1 aromatic heterocycles. The van der Waals surface area contributed by atoms with Gasteiger partial charge in [-0.05, 0) is 6.92 Å². The average molecular weight is 209 g/mol. The lowest BCUT2D eigenvalue weighted by Gasteiger charge is -2.18. The summed E-state index contributed by atoms with van der Waals surface area (Å²) in [4.78, 5) is 17.3. The molecule has 1 aliphatic rings. The number of carbonyl (C=O) groups excluding carboxylic acids is 1. The van der Waals surface area contributed by atoms with Crippen LogP contribution < -0.4 is 0 Å². The van der Waals surface area contributed by atoms with Crippen molar-refractivity contribution in [3.63, 3.8) is 0 Å². The summed E-state index contributed by atoms with van der Waals surface area (Å²) in [5.41, 5.74) is 0.999. The summed E-state index contributed by atoms with van der Waals surface area (Å²) in [5.74, 6) is 0. The Labute approximate surface area is 88.7 Å². The number of rotatable bonds is 3. The fourth-order valence-corrected chi connectivity index (χ4v) is 1.86. The van der Waals surface area contributed by atoms with Crippen LogP contribution >= 0.6 is 0 Å². The minimum Gasteiger partial charge on any atom is -0.447 e. The van der Waals surface area contributed by atoms with E-state index in [-0.39, 0.29) is 12.1 Å². The van der Waals surface area contributed by atoms with Crippen molar-refractivity contribution >= 4 is 6.09 Å². The van der Waals surface area contributed by atoms with Gasteiger partial charge in [0.15, 0.2) is 0 Å². The molecule has 5 heteroatoms. The third kappa shape index (κ3) is 1.95. The molecule has 15 heavy (non-hydrogen) atoms. The summed E-state index contributed by atoms with van der Waals surface area (Å²) < 4.78 is 6.91. The standard InChI is InChI=1S/C10H15N3O2/c1-3-13-9(6-15-10(13)14)4-8-5-12(2)7-11-8/h5,7,9H,3-4,6H2,1-2H3. The summed E-state index contributed by atoms with van der Waals surface area (Å²) in [6.45, 7) is 3.12. The number of hydrogen-bond donors (Lipinski definition) is 0. The third-order valence-corrected chi connectivity index (χ3v) is 2.62. The fourth-order valence-electron chi connectivity index (χ4n) is 1.86. The molecule has 1 atom stereocenters. The minimum atomic E-state index is -0.210. The quantitative estimate of drug-likeness (QED) is 0.740. The summed E-state index contributed by atoms with van der Waals surface area (Å²) in [5, 5.41) is 0. The number of likely N-dealkylation sites (N-methyl/N-ethyl adjacent to an activating group) is 1. The maximum atomic E-state index is 11.3. The Morgan fingerprint density at radius 2 is 2.47 bits per heavy atom. The van der Waals surface area contributed by atoms with E-state index in [1.54, 1.807) is 11.2 Å². The summed E-state index contributed by atoms with van der Waals surface area (Å²) in [7, 11) is 1.93. The van der Waals surface area contributed by atoms with Gasteiger partial charge in [-0.25, -0.2) is 9.78 Å². The molecule has 1 saturated heterocycles. The Bertz CT molecular complexity index is 361. The lowest BCUT2D eigenvalue weighted by Crippen LogP contribution is -2.34. The molecule has 0 bridgehead atoms. The van der Waals surface area contributed by atoms with E-state index >= 15 is 0 Å². The second kappa shape index (κ2) is 3.92. The molecule has 1 aromatic rings. The van der Waals surface area contributed by atoms with Gasteiger partial charge in [0, 0.05) is 26.2 Å². The molecule has 1 unspecified atom stereocenters.